The quantitative estimate of drug-likeness (QED) is 0.704. The number of carbonyl (C=O) groups is 1. The molecule has 0 aliphatic heterocycles. The molecule has 0 bridgehead atoms. The van der Waals surface area contributed by atoms with Crippen molar-refractivity contribution in [2.45, 2.75) is 13.5 Å². The molecule has 8 heteroatoms. The number of nitrogens with one attached hydrogen (secondary N) is 1. The fourth-order valence-electron chi connectivity index (χ4n) is 2.61. The molecule has 2 aromatic carbocycles. The van der Waals surface area contributed by atoms with E-state index in [1.165, 1.54) is 4.68 Å². The fourth-order valence-corrected chi connectivity index (χ4v) is 2.77. The van der Waals surface area contributed by atoms with Crippen molar-refractivity contribution in [3.05, 3.63) is 64.4 Å². The number of benzene rings is 2. The molecule has 1 aromatic heterocycles. The first-order valence-electron chi connectivity index (χ1n) is 8.21. The van der Waals surface area contributed by atoms with Crippen LogP contribution in [0.15, 0.2) is 42.5 Å². The van der Waals surface area contributed by atoms with Crippen molar-refractivity contribution in [3.63, 3.8) is 0 Å². The van der Waals surface area contributed by atoms with Gasteiger partial charge in [0.1, 0.15) is 17.2 Å². The Balaban J connectivity index is 1.78. The van der Waals surface area contributed by atoms with E-state index in [0.29, 0.717) is 28.7 Å². The first-order chi connectivity index (χ1) is 13.0. The Morgan fingerprint density at radius 2 is 1.89 bits per heavy atom. The lowest BCUT2D eigenvalue weighted by molar-refractivity contribution is 0.0945. The molecule has 0 saturated carbocycles. The summed E-state index contributed by atoms with van der Waals surface area (Å²) >= 11 is 6.08. The largest absolute Gasteiger partial charge is 0.497 e. The molecule has 7 nitrogen and oxygen atoms in total. The van der Waals surface area contributed by atoms with Crippen molar-refractivity contribution in [1.82, 2.24) is 20.3 Å². The van der Waals surface area contributed by atoms with Crippen LogP contribution < -0.4 is 14.8 Å². The molecule has 0 atom stereocenters. The Kier molecular flexibility index (Phi) is 5.61. The summed E-state index contributed by atoms with van der Waals surface area (Å²) in [5.41, 5.74) is 2.39. The van der Waals surface area contributed by atoms with Gasteiger partial charge in [0.15, 0.2) is 5.69 Å². The molecular weight excluding hydrogens is 368 g/mol. The van der Waals surface area contributed by atoms with E-state index in [1.54, 1.807) is 39.3 Å². The predicted octanol–water partition coefficient (Wildman–Crippen LogP) is 3.18. The summed E-state index contributed by atoms with van der Waals surface area (Å²) in [5, 5.41) is 11.5. The molecule has 0 spiro atoms. The minimum Gasteiger partial charge on any atom is -0.497 e. The summed E-state index contributed by atoms with van der Waals surface area (Å²) in [4.78, 5) is 12.5. The molecule has 3 rings (SSSR count). The number of hydrogen-bond donors (Lipinski definition) is 1. The van der Waals surface area contributed by atoms with Gasteiger partial charge in [0.25, 0.3) is 5.91 Å². The van der Waals surface area contributed by atoms with E-state index in [4.69, 9.17) is 21.1 Å². The third-order valence-electron chi connectivity index (χ3n) is 4.09. The number of halogens is 1. The smallest absolute Gasteiger partial charge is 0.274 e. The number of carbonyl (C=O) groups excluding carboxylic acids is 1. The summed E-state index contributed by atoms with van der Waals surface area (Å²) < 4.78 is 12.0. The van der Waals surface area contributed by atoms with Crippen LogP contribution in [0.1, 0.15) is 21.7 Å². The number of rotatable bonds is 6. The standard InChI is InChI=1S/C19H19ClN4O3/c1-12-18(19(25)21-11-13-4-7-15(26-2)8-5-13)22-23-24(12)16-10-14(20)6-9-17(16)27-3/h4-10H,11H2,1-3H3,(H,21,25). The number of hydrogen-bond acceptors (Lipinski definition) is 5. The lowest BCUT2D eigenvalue weighted by Crippen LogP contribution is -2.24. The minimum absolute atomic E-state index is 0.241. The van der Waals surface area contributed by atoms with E-state index in [0.717, 1.165) is 11.3 Å². The summed E-state index contributed by atoms with van der Waals surface area (Å²) in [7, 11) is 3.17. The minimum atomic E-state index is -0.310. The highest BCUT2D eigenvalue weighted by molar-refractivity contribution is 6.30. The van der Waals surface area contributed by atoms with Gasteiger partial charge in [-0.15, -0.1) is 5.10 Å². The highest BCUT2D eigenvalue weighted by Gasteiger charge is 2.19. The van der Waals surface area contributed by atoms with Crippen molar-refractivity contribution in [3.8, 4) is 17.2 Å². The maximum Gasteiger partial charge on any atom is 0.274 e. The van der Waals surface area contributed by atoms with Crippen molar-refractivity contribution in [2.24, 2.45) is 0 Å². The molecule has 1 amide bonds. The Hall–Kier alpha value is -3.06. The number of amides is 1. The molecular formula is C19H19ClN4O3. The molecule has 1 heterocycles. The van der Waals surface area contributed by atoms with Gasteiger partial charge in [0.05, 0.1) is 19.9 Å². The van der Waals surface area contributed by atoms with Crippen LogP contribution in [-0.4, -0.2) is 35.1 Å². The van der Waals surface area contributed by atoms with Crippen molar-refractivity contribution in [1.29, 1.82) is 0 Å². The van der Waals surface area contributed by atoms with Crippen LogP contribution in [0.5, 0.6) is 11.5 Å². The molecule has 0 fully saturated rings. The summed E-state index contributed by atoms with van der Waals surface area (Å²) in [6.07, 6.45) is 0. The van der Waals surface area contributed by atoms with E-state index in [2.05, 4.69) is 15.6 Å². The lowest BCUT2D eigenvalue weighted by Gasteiger charge is -2.10. The third-order valence-corrected chi connectivity index (χ3v) is 4.33. The molecule has 0 saturated heterocycles. The monoisotopic (exact) mass is 386 g/mol. The second-order valence-electron chi connectivity index (χ2n) is 5.78. The maximum atomic E-state index is 12.5. The molecule has 1 N–H and O–H groups in total. The van der Waals surface area contributed by atoms with Crippen molar-refractivity contribution >= 4 is 17.5 Å². The fraction of sp³-hybridized carbons (Fsp3) is 0.211. The summed E-state index contributed by atoms with van der Waals surface area (Å²) in [6, 6.07) is 12.6. The number of nitrogens with zero attached hydrogens (tertiary/aromatic N) is 3. The number of aromatic nitrogens is 3. The van der Waals surface area contributed by atoms with Gasteiger partial charge in [-0.05, 0) is 42.8 Å². The van der Waals surface area contributed by atoms with Crippen LogP contribution in [0.4, 0.5) is 0 Å². The predicted molar refractivity (Wildman–Crippen MR) is 102 cm³/mol. The van der Waals surface area contributed by atoms with E-state index in [1.807, 2.05) is 24.3 Å². The third kappa shape index (κ3) is 4.03. The Morgan fingerprint density at radius 3 is 2.56 bits per heavy atom. The molecule has 3 aromatic rings. The first-order valence-corrected chi connectivity index (χ1v) is 8.58. The molecule has 0 aliphatic carbocycles. The zero-order chi connectivity index (χ0) is 19.4. The van der Waals surface area contributed by atoms with Crippen LogP contribution >= 0.6 is 11.6 Å². The Morgan fingerprint density at radius 1 is 1.15 bits per heavy atom. The highest BCUT2D eigenvalue weighted by atomic mass is 35.5. The van der Waals surface area contributed by atoms with E-state index in [9.17, 15) is 4.79 Å². The van der Waals surface area contributed by atoms with Crippen molar-refractivity contribution in [2.75, 3.05) is 14.2 Å². The summed E-state index contributed by atoms with van der Waals surface area (Å²) in [6.45, 7) is 2.14. The SMILES string of the molecule is COc1ccc(CNC(=O)c2nnn(-c3cc(Cl)ccc3OC)c2C)cc1. The molecule has 140 valence electrons. The van der Waals surface area contributed by atoms with Gasteiger partial charge >= 0.3 is 0 Å². The van der Waals surface area contributed by atoms with Gasteiger partial charge in [0.2, 0.25) is 0 Å². The zero-order valence-electron chi connectivity index (χ0n) is 15.2. The normalized spacial score (nSPS) is 10.5. The summed E-state index contributed by atoms with van der Waals surface area (Å²) in [5.74, 6) is 1.03. The van der Waals surface area contributed by atoms with Crippen LogP contribution in [0.25, 0.3) is 5.69 Å². The van der Waals surface area contributed by atoms with Gasteiger partial charge in [-0.25, -0.2) is 4.68 Å². The second-order valence-corrected chi connectivity index (χ2v) is 6.22. The Bertz CT molecular complexity index is 954. The van der Waals surface area contributed by atoms with Gasteiger partial charge in [-0.1, -0.05) is 28.9 Å². The van der Waals surface area contributed by atoms with Gasteiger partial charge in [-0.3, -0.25) is 4.79 Å². The van der Waals surface area contributed by atoms with Crippen LogP contribution in [0.3, 0.4) is 0 Å². The first kappa shape index (κ1) is 18.7. The number of methoxy groups -OCH3 is 2. The maximum absolute atomic E-state index is 12.5. The molecule has 0 aliphatic rings. The second kappa shape index (κ2) is 8.09. The average Bonchev–Trinajstić information content (AvgIpc) is 3.07. The Labute approximate surface area is 161 Å². The van der Waals surface area contributed by atoms with Crippen molar-refractivity contribution < 1.29 is 14.3 Å². The average molecular weight is 387 g/mol. The molecule has 27 heavy (non-hydrogen) atoms. The molecule has 0 unspecified atom stereocenters. The van der Waals surface area contributed by atoms with Crippen LogP contribution in [-0.2, 0) is 6.54 Å². The van der Waals surface area contributed by atoms with Crippen LogP contribution in [0, 0.1) is 6.92 Å². The van der Waals surface area contributed by atoms with E-state index in [-0.39, 0.29) is 11.6 Å². The van der Waals surface area contributed by atoms with Gasteiger partial charge in [-0.2, -0.15) is 0 Å². The van der Waals surface area contributed by atoms with E-state index >= 15 is 0 Å². The highest BCUT2D eigenvalue weighted by Crippen LogP contribution is 2.27. The lowest BCUT2D eigenvalue weighted by atomic mass is 10.2. The van der Waals surface area contributed by atoms with Gasteiger partial charge in [0, 0.05) is 11.6 Å². The number of ether oxygens (including phenoxy) is 2. The van der Waals surface area contributed by atoms with Gasteiger partial charge < -0.3 is 14.8 Å². The zero-order valence-corrected chi connectivity index (χ0v) is 15.9. The topological polar surface area (TPSA) is 78.3 Å². The molecule has 0 radical (unpaired) electrons. The van der Waals surface area contributed by atoms with E-state index < -0.39 is 0 Å². The van der Waals surface area contributed by atoms with Crippen LogP contribution in [0.2, 0.25) is 5.02 Å².